The van der Waals surface area contributed by atoms with E-state index in [0.29, 0.717) is 6.54 Å². The van der Waals surface area contributed by atoms with Gasteiger partial charge in [0.15, 0.2) is 5.96 Å². The van der Waals surface area contributed by atoms with Gasteiger partial charge in [-0.3, -0.25) is 0 Å². The van der Waals surface area contributed by atoms with E-state index in [2.05, 4.69) is 67.4 Å². The fourth-order valence-electron chi connectivity index (χ4n) is 1.73. The molecule has 0 saturated heterocycles. The number of halogens is 1. The molecule has 0 amide bonds. The molecule has 0 aliphatic rings. The van der Waals surface area contributed by atoms with E-state index in [1.165, 1.54) is 11.1 Å². The normalized spacial score (nSPS) is 11.4. The van der Waals surface area contributed by atoms with Crippen molar-refractivity contribution in [3.63, 3.8) is 0 Å². The highest BCUT2D eigenvalue weighted by molar-refractivity contribution is 9.10. The van der Waals surface area contributed by atoms with Gasteiger partial charge in [0.1, 0.15) is 0 Å². The van der Waals surface area contributed by atoms with Gasteiger partial charge in [-0.05, 0) is 47.0 Å². The number of nitrogens with one attached hydrogen (secondary N) is 2. The van der Waals surface area contributed by atoms with Crippen LogP contribution in [0.15, 0.2) is 50.6 Å². The van der Waals surface area contributed by atoms with Crippen LogP contribution < -0.4 is 10.6 Å². The predicted molar refractivity (Wildman–Crippen MR) is 90.1 cm³/mol. The van der Waals surface area contributed by atoms with E-state index in [1.54, 1.807) is 11.3 Å². The van der Waals surface area contributed by atoms with Gasteiger partial charge >= 0.3 is 0 Å². The molecular formula is C15H18BrN3S. The summed E-state index contributed by atoms with van der Waals surface area (Å²) in [5, 5.41) is 10.8. The topological polar surface area (TPSA) is 36.4 Å². The summed E-state index contributed by atoms with van der Waals surface area (Å²) in [6.45, 7) is 4.39. The van der Waals surface area contributed by atoms with Crippen molar-refractivity contribution >= 4 is 33.2 Å². The zero-order valence-electron chi connectivity index (χ0n) is 11.4. The van der Waals surface area contributed by atoms with E-state index >= 15 is 0 Å². The van der Waals surface area contributed by atoms with Gasteiger partial charge in [0.05, 0.1) is 6.54 Å². The summed E-state index contributed by atoms with van der Waals surface area (Å²) in [6.07, 6.45) is 0. The number of rotatable bonds is 5. The Bertz CT molecular complexity index is 552. The largest absolute Gasteiger partial charge is 0.357 e. The Balaban J connectivity index is 1.93. The number of hydrogen-bond donors (Lipinski definition) is 2. The molecule has 2 N–H and O–H groups in total. The van der Waals surface area contributed by atoms with Gasteiger partial charge in [-0.1, -0.05) is 28.1 Å². The predicted octanol–water partition coefficient (Wildman–Crippen LogP) is 3.77. The van der Waals surface area contributed by atoms with Crippen LogP contribution in [0.1, 0.15) is 18.1 Å². The van der Waals surface area contributed by atoms with Crippen molar-refractivity contribution < 1.29 is 0 Å². The average molecular weight is 352 g/mol. The summed E-state index contributed by atoms with van der Waals surface area (Å²) >= 11 is 5.19. The van der Waals surface area contributed by atoms with Crippen molar-refractivity contribution in [1.82, 2.24) is 10.6 Å². The molecule has 3 nitrogen and oxygen atoms in total. The maximum absolute atomic E-state index is 4.58. The molecule has 2 aromatic rings. The van der Waals surface area contributed by atoms with E-state index in [4.69, 9.17) is 0 Å². The van der Waals surface area contributed by atoms with Crippen molar-refractivity contribution in [2.75, 3.05) is 6.54 Å². The molecule has 0 aliphatic heterocycles. The van der Waals surface area contributed by atoms with E-state index in [9.17, 15) is 0 Å². The Morgan fingerprint density at radius 1 is 1.25 bits per heavy atom. The lowest BCUT2D eigenvalue weighted by Gasteiger charge is -2.11. The van der Waals surface area contributed by atoms with Gasteiger partial charge in [0.2, 0.25) is 0 Å². The van der Waals surface area contributed by atoms with Crippen LogP contribution in [0.25, 0.3) is 0 Å². The molecule has 1 heterocycles. The number of nitrogens with zero attached hydrogens (tertiary/aromatic N) is 1. The third-order valence-corrected chi connectivity index (χ3v) is 3.92. The Morgan fingerprint density at radius 3 is 2.85 bits per heavy atom. The summed E-state index contributed by atoms with van der Waals surface area (Å²) in [5.41, 5.74) is 2.47. The van der Waals surface area contributed by atoms with Gasteiger partial charge in [-0.2, -0.15) is 11.3 Å². The molecule has 0 unspecified atom stereocenters. The Hall–Kier alpha value is -1.33. The summed E-state index contributed by atoms with van der Waals surface area (Å²) in [4.78, 5) is 4.58. The molecule has 0 fully saturated rings. The number of guanidine groups is 1. The van der Waals surface area contributed by atoms with Crippen LogP contribution in [0.4, 0.5) is 0 Å². The summed E-state index contributed by atoms with van der Waals surface area (Å²) in [7, 11) is 0. The van der Waals surface area contributed by atoms with Crippen molar-refractivity contribution in [2.45, 2.75) is 20.0 Å². The molecule has 0 aliphatic carbocycles. The lowest BCUT2D eigenvalue weighted by atomic mass is 10.2. The van der Waals surface area contributed by atoms with Gasteiger partial charge in [-0.15, -0.1) is 0 Å². The van der Waals surface area contributed by atoms with Crippen LogP contribution >= 0.6 is 27.3 Å². The summed E-state index contributed by atoms with van der Waals surface area (Å²) in [6, 6.07) is 10.4. The lowest BCUT2D eigenvalue weighted by Crippen LogP contribution is -2.36. The van der Waals surface area contributed by atoms with Gasteiger partial charge in [0, 0.05) is 17.6 Å². The van der Waals surface area contributed by atoms with Crippen molar-refractivity contribution in [3.05, 3.63) is 56.7 Å². The van der Waals surface area contributed by atoms with E-state index in [0.717, 1.165) is 23.5 Å². The van der Waals surface area contributed by atoms with Gasteiger partial charge < -0.3 is 10.6 Å². The first-order chi connectivity index (χ1) is 9.78. The average Bonchev–Trinajstić information content (AvgIpc) is 2.95. The van der Waals surface area contributed by atoms with Gasteiger partial charge in [0.25, 0.3) is 0 Å². The molecule has 5 heteroatoms. The number of thiophene rings is 1. The van der Waals surface area contributed by atoms with Crippen molar-refractivity contribution in [1.29, 1.82) is 0 Å². The first-order valence-corrected chi connectivity index (χ1v) is 8.29. The number of benzene rings is 1. The van der Waals surface area contributed by atoms with Crippen LogP contribution in [0.3, 0.4) is 0 Å². The molecule has 0 bridgehead atoms. The molecule has 106 valence electrons. The van der Waals surface area contributed by atoms with E-state index < -0.39 is 0 Å². The minimum atomic E-state index is 0.706. The van der Waals surface area contributed by atoms with E-state index in [1.807, 2.05) is 12.1 Å². The SMILES string of the molecule is CCNC(=NCc1ccsc1)NCc1cccc(Br)c1. The zero-order chi connectivity index (χ0) is 14.2. The molecule has 1 aromatic carbocycles. The second kappa shape index (κ2) is 8.07. The van der Waals surface area contributed by atoms with Crippen LogP contribution in [0.2, 0.25) is 0 Å². The van der Waals surface area contributed by atoms with Crippen LogP contribution in [0, 0.1) is 0 Å². The Morgan fingerprint density at radius 2 is 2.15 bits per heavy atom. The standard InChI is InChI=1S/C15H18BrN3S/c1-2-17-15(19-10-13-6-7-20-11-13)18-9-12-4-3-5-14(16)8-12/h3-8,11H,2,9-10H2,1H3,(H2,17,18,19). The maximum atomic E-state index is 4.58. The van der Waals surface area contributed by atoms with Crippen LogP contribution in [-0.4, -0.2) is 12.5 Å². The smallest absolute Gasteiger partial charge is 0.191 e. The van der Waals surface area contributed by atoms with Crippen molar-refractivity contribution in [2.24, 2.45) is 4.99 Å². The number of aliphatic imine (C=N–C) groups is 1. The monoisotopic (exact) mass is 351 g/mol. The minimum absolute atomic E-state index is 0.706. The summed E-state index contributed by atoms with van der Waals surface area (Å²) in [5.74, 6) is 0.846. The highest BCUT2D eigenvalue weighted by Crippen LogP contribution is 2.11. The molecular weight excluding hydrogens is 334 g/mol. The fourth-order valence-corrected chi connectivity index (χ4v) is 2.83. The lowest BCUT2D eigenvalue weighted by molar-refractivity contribution is 0.816. The highest BCUT2D eigenvalue weighted by atomic mass is 79.9. The van der Waals surface area contributed by atoms with Crippen molar-refractivity contribution in [3.8, 4) is 0 Å². The fraction of sp³-hybridized carbons (Fsp3) is 0.267. The molecule has 0 atom stereocenters. The molecule has 0 spiro atoms. The third-order valence-electron chi connectivity index (χ3n) is 2.69. The third kappa shape index (κ3) is 4.98. The molecule has 20 heavy (non-hydrogen) atoms. The zero-order valence-corrected chi connectivity index (χ0v) is 13.8. The Kier molecular flexibility index (Phi) is 6.08. The van der Waals surface area contributed by atoms with Gasteiger partial charge in [-0.25, -0.2) is 4.99 Å². The first-order valence-electron chi connectivity index (χ1n) is 6.55. The maximum Gasteiger partial charge on any atom is 0.191 e. The Labute approximate surface area is 132 Å². The molecule has 2 rings (SSSR count). The highest BCUT2D eigenvalue weighted by Gasteiger charge is 1.99. The number of hydrogen-bond acceptors (Lipinski definition) is 2. The first kappa shape index (κ1) is 15.1. The molecule has 0 radical (unpaired) electrons. The second-order valence-electron chi connectivity index (χ2n) is 4.31. The quantitative estimate of drug-likeness (QED) is 0.635. The van der Waals surface area contributed by atoms with E-state index in [-0.39, 0.29) is 0 Å². The second-order valence-corrected chi connectivity index (χ2v) is 6.01. The molecule has 0 saturated carbocycles. The summed E-state index contributed by atoms with van der Waals surface area (Å²) < 4.78 is 1.09. The van der Waals surface area contributed by atoms with Crippen LogP contribution in [-0.2, 0) is 13.1 Å². The minimum Gasteiger partial charge on any atom is -0.357 e. The van der Waals surface area contributed by atoms with Crippen LogP contribution in [0.5, 0.6) is 0 Å². The molecule has 1 aromatic heterocycles.